The number of hydrogen-bond donors (Lipinski definition) is 0. The minimum atomic E-state index is -2.66. The van der Waals surface area contributed by atoms with E-state index in [4.69, 9.17) is 13.5 Å². The van der Waals surface area contributed by atoms with E-state index in [1.54, 1.807) is 6.92 Å². The van der Waals surface area contributed by atoms with Gasteiger partial charge in [0, 0.05) is 2.47 Å². The summed E-state index contributed by atoms with van der Waals surface area (Å²) in [5, 5.41) is 0. The summed E-state index contributed by atoms with van der Waals surface area (Å²) in [5.41, 5.74) is 0. The molecule has 0 aliphatic heterocycles. The zero-order chi connectivity index (χ0) is 5.21. The average Bonchev–Trinajstić information content (AvgIpc) is 1.35. The number of halogens is 1. The highest BCUT2D eigenvalue weighted by Crippen LogP contribution is 1.73. The van der Waals surface area contributed by atoms with Gasteiger partial charge in [0.25, 0.3) is 0 Å². The summed E-state index contributed by atoms with van der Waals surface area (Å²) in [4.78, 5) is 0. The summed E-state index contributed by atoms with van der Waals surface area (Å²) in [6.45, 7) is 1.76. The molecule has 0 unspecified atom stereocenters. The van der Waals surface area contributed by atoms with Gasteiger partial charge in [-0.1, -0.05) is 13.0 Å². The van der Waals surface area contributed by atoms with Crippen LogP contribution in [-0.4, -0.2) is 11.2 Å². The highest BCUT2D eigenvalue weighted by molar-refractivity contribution is 6.93. The quantitative estimate of drug-likeness (QED) is 0.334. The Hall–Kier alpha value is 0.507. The maximum Gasteiger partial charge on any atom is 0.125 e. The molecule has 2 heteroatoms. The third kappa shape index (κ3) is 2.51. The van der Waals surface area contributed by atoms with Gasteiger partial charge in [-0.25, -0.2) is 0 Å². The van der Waals surface area contributed by atoms with Crippen molar-refractivity contribution in [2.45, 2.75) is 13.0 Å². The van der Waals surface area contributed by atoms with E-state index in [9.17, 15) is 0 Å². The monoisotopic (exact) mass is 96.0 g/mol. The minimum Gasteiger partial charge on any atom is -0.176 e. The van der Waals surface area contributed by atoms with E-state index in [0.717, 1.165) is 0 Å². The molecule has 0 saturated carbocycles. The topological polar surface area (TPSA) is 0 Å². The molecule has 26 valence electrons. The van der Waals surface area contributed by atoms with Crippen molar-refractivity contribution in [2.75, 3.05) is 0 Å². The zero-order valence-electron chi connectivity index (χ0n) is 4.59. The van der Waals surface area contributed by atoms with Gasteiger partial charge >= 0.3 is 0 Å². The molecule has 0 atom stereocenters. The van der Waals surface area contributed by atoms with Gasteiger partial charge in [0.05, 0.1) is 0 Å². The van der Waals surface area contributed by atoms with E-state index < -0.39 is 8.69 Å². The molecule has 4 heavy (non-hydrogen) atoms. The van der Waals surface area contributed by atoms with Crippen molar-refractivity contribution in [3.63, 3.8) is 0 Å². The standard InChI is InChI=1S/C2H7ClSi/c1-2-4-3/h2,4H2,1H3/i4D2. The minimum absolute atomic E-state index is 0.508. The van der Waals surface area contributed by atoms with Crippen LogP contribution in [0.2, 0.25) is 6.04 Å². The van der Waals surface area contributed by atoms with Crippen molar-refractivity contribution >= 4 is 19.8 Å². The fraction of sp³-hybridized carbons (Fsp3) is 1.00. The van der Waals surface area contributed by atoms with Crippen LogP contribution >= 0.6 is 11.1 Å². The molecular weight excluding hydrogens is 87.6 g/mol. The molecule has 0 fully saturated rings. The first-order chi connectivity index (χ1) is 2.56. The lowest BCUT2D eigenvalue weighted by molar-refractivity contribution is 1.47. The van der Waals surface area contributed by atoms with Gasteiger partial charge in [-0.2, -0.15) is 11.1 Å². The molecule has 0 spiro atoms. The summed E-state index contributed by atoms with van der Waals surface area (Å²) < 4.78 is 13.5. The molecule has 0 saturated heterocycles. The molecule has 0 radical (unpaired) electrons. The van der Waals surface area contributed by atoms with Gasteiger partial charge in [-0.15, -0.1) is 0 Å². The van der Waals surface area contributed by atoms with Crippen LogP contribution in [0.5, 0.6) is 0 Å². The molecule has 0 heterocycles. The number of rotatable bonds is 1. The van der Waals surface area contributed by atoms with Crippen LogP contribution in [0.1, 0.15) is 6.92 Å². The maximum absolute atomic E-state index is 6.75. The first-order valence-electron chi connectivity index (χ1n) is 2.25. The summed E-state index contributed by atoms with van der Waals surface area (Å²) in [6, 6.07) is 0.508. The molecular formula is C2H7ClSi. The smallest absolute Gasteiger partial charge is 0.125 e. The molecule has 0 aliphatic rings. The SMILES string of the molecule is [2H][Si]([2H])(Cl)CC. The highest BCUT2D eigenvalue weighted by Gasteiger charge is 1.62. The van der Waals surface area contributed by atoms with E-state index >= 15 is 0 Å². The van der Waals surface area contributed by atoms with Crippen LogP contribution in [0.25, 0.3) is 0 Å². The molecule has 0 amide bonds. The molecule has 0 N–H and O–H groups in total. The fourth-order valence-electron chi connectivity index (χ4n) is 0. The highest BCUT2D eigenvalue weighted by atomic mass is 35.6. The van der Waals surface area contributed by atoms with Crippen LogP contribution in [0.15, 0.2) is 0 Å². The maximum atomic E-state index is 6.75. The fourth-order valence-corrected chi connectivity index (χ4v) is 0. The van der Waals surface area contributed by atoms with Gasteiger partial charge < -0.3 is 0 Å². The van der Waals surface area contributed by atoms with Gasteiger partial charge in [0.2, 0.25) is 0 Å². The van der Waals surface area contributed by atoms with Gasteiger partial charge in [-0.05, 0) is 0 Å². The second kappa shape index (κ2) is 3.51. The lowest BCUT2D eigenvalue weighted by Crippen LogP contribution is -1.61. The summed E-state index contributed by atoms with van der Waals surface area (Å²) >= 11 is 5.19. The van der Waals surface area contributed by atoms with Crippen LogP contribution < -0.4 is 0 Å². The lowest BCUT2D eigenvalue weighted by Gasteiger charge is -1.63. The second-order valence-electron chi connectivity index (χ2n) is 0.487. The molecule has 0 aromatic rings. The number of hydrogen-bond acceptors (Lipinski definition) is 0. The van der Waals surface area contributed by atoms with Gasteiger partial charge in [-0.3, -0.25) is 0 Å². The predicted molar refractivity (Wildman–Crippen MR) is 24.9 cm³/mol. The Labute approximate surface area is 36.1 Å². The Balaban J connectivity index is 3.17. The van der Waals surface area contributed by atoms with Crippen LogP contribution in [-0.2, 0) is 0 Å². The molecule has 0 aromatic heterocycles. The van der Waals surface area contributed by atoms with Crippen molar-refractivity contribution in [1.29, 1.82) is 2.47 Å². The first kappa shape index (κ1) is 1.83. The largest absolute Gasteiger partial charge is 0.176 e. The Morgan fingerprint density at radius 1 is 2.50 bits per heavy atom. The van der Waals surface area contributed by atoms with E-state index in [1.807, 2.05) is 0 Å². The van der Waals surface area contributed by atoms with Crippen LogP contribution in [0.4, 0.5) is 0 Å². The molecule has 0 aromatic carbocycles. The molecule has 0 nitrogen and oxygen atoms in total. The second-order valence-corrected chi connectivity index (χ2v) is 2.26. The van der Waals surface area contributed by atoms with Crippen molar-refractivity contribution in [3.8, 4) is 0 Å². The average molecular weight is 96.6 g/mol. The van der Waals surface area contributed by atoms with Gasteiger partial charge in [0.15, 0.2) is 0 Å². The van der Waals surface area contributed by atoms with Crippen molar-refractivity contribution in [1.82, 2.24) is 0 Å². The molecule has 0 rings (SSSR count). The predicted octanol–water partition coefficient (Wildman–Crippen LogP) is 0.747. The van der Waals surface area contributed by atoms with Crippen molar-refractivity contribution < 1.29 is 0 Å². The third-order valence-corrected chi connectivity index (χ3v) is 1.20. The van der Waals surface area contributed by atoms with Crippen molar-refractivity contribution in [2.24, 2.45) is 0 Å². The summed E-state index contributed by atoms with van der Waals surface area (Å²) in [6.07, 6.45) is 0. The molecule has 0 aliphatic carbocycles. The normalized spacial score (nSPS) is 18.5. The van der Waals surface area contributed by atoms with Crippen molar-refractivity contribution in [3.05, 3.63) is 0 Å². The summed E-state index contributed by atoms with van der Waals surface area (Å²) in [5.74, 6) is 0. The Morgan fingerprint density at radius 2 is 2.75 bits per heavy atom. The van der Waals surface area contributed by atoms with E-state index in [0.29, 0.717) is 6.04 Å². The Kier molecular flexibility index (Phi) is 1.60. The third-order valence-electron chi connectivity index (χ3n) is 0.134. The lowest BCUT2D eigenvalue weighted by atomic mass is 11.0. The van der Waals surface area contributed by atoms with Gasteiger partial charge in [0.1, 0.15) is 8.69 Å². The summed E-state index contributed by atoms with van der Waals surface area (Å²) in [7, 11) is -2.66. The van der Waals surface area contributed by atoms with Crippen LogP contribution in [0, 0.1) is 0 Å². The Morgan fingerprint density at radius 3 is 2.75 bits per heavy atom. The van der Waals surface area contributed by atoms with E-state index in [-0.39, 0.29) is 0 Å². The zero-order valence-corrected chi connectivity index (χ0v) is 4.34. The molecule has 0 bridgehead atoms. The first-order valence-corrected chi connectivity index (χ1v) is 3.47. The van der Waals surface area contributed by atoms with E-state index in [2.05, 4.69) is 0 Å². The van der Waals surface area contributed by atoms with Crippen LogP contribution in [0.3, 0.4) is 0 Å². The van der Waals surface area contributed by atoms with E-state index in [1.165, 1.54) is 0 Å². The Bertz CT molecular complexity index is 41.3.